The van der Waals surface area contributed by atoms with Gasteiger partial charge in [0.05, 0.1) is 15.9 Å². The lowest BCUT2D eigenvalue weighted by molar-refractivity contribution is 0.374. The number of aromatic nitrogens is 2. The smallest absolute Gasteiger partial charge is 0.323 e. The molecule has 1 unspecified atom stereocenters. The Kier molecular flexibility index (Phi) is 3.19. The van der Waals surface area contributed by atoms with Crippen LogP contribution in [0.5, 0.6) is 0 Å². The average molecular weight is 310 g/mol. The minimum Gasteiger partial charge on any atom is -0.329 e. The van der Waals surface area contributed by atoms with Crippen molar-refractivity contribution >= 4 is 21.1 Å². The Balaban J connectivity index is 1.97. The zero-order valence-corrected chi connectivity index (χ0v) is 12.5. The predicted molar refractivity (Wildman–Crippen MR) is 79.4 cm³/mol. The second kappa shape index (κ2) is 4.69. The standard InChI is InChI=1S/C13H18N4O3S/c1-13(7-14,8-2-3-8)17-21(19,20)9-4-5-10-11(6-9)16-12(18)15-10/h4-6,8,17H,2-3,7,14H2,1H3,(H2,15,16,18). The van der Waals surface area contributed by atoms with Gasteiger partial charge in [0, 0.05) is 12.1 Å². The number of rotatable bonds is 5. The Morgan fingerprint density at radius 3 is 2.62 bits per heavy atom. The number of imidazole rings is 1. The molecule has 5 N–H and O–H groups in total. The average Bonchev–Trinajstić information content (AvgIpc) is 3.20. The summed E-state index contributed by atoms with van der Waals surface area (Å²) in [6, 6.07) is 4.48. The van der Waals surface area contributed by atoms with E-state index in [9.17, 15) is 13.2 Å². The highest BCUT2D eigenvalue weighted by Crippen LogP contribution is 2.39. The molecule has 1 saturated carbocycles. The summed E-state index contributed by atoms with van der Waals surface area (Å²) in [7, 11) is -3.68. The van der Waals surface area contributed by atoms with E-state index >= 15 is 0 Å². The number of sulfonamides is 1. The molecule has 0 bridgehead atoms. The van der Waals surface area contributed by atoms with Gasteiger partial charge in [-0.05, 0) is 43.9 Å². The Bertz CT molecular complexity index is 834. The van der Waals surface area contributed by atoms with E-state index in [2.05, 4.69) is 14.7 Å². The van der Waals surface area contributed by atoms with Crippen molar-refractivity contribution in [3.8, 4) is 0 Å². The topological polar surface area (TPSA) is 121 Å². The molecule has 1 fully saturated rings. The SMILES string of the molecule is CC(CN)(NS(=O)(=O)c1ccc2[nH]c(=O)[nH]c2c1)C1CC1. The molecule has 2 aromatic rings. The minimum atomic E-state index is -3.68. The summed E-state index contributed by atoms with van der Waals surface area (Å²) >= 11 is 0. The third kappa shape index (κ3) is 2.61. The van der Waals surface area contributed by atoms with Gasteiger partial charge < -0.3 is 15.7 Å². The van der Waals surface area contributed by atoms with Crippen LogP contribution in [0.25, 0.3) is 11.0 Å². The van der Waals surface area contributed by atoms with Crippen molar-refractivity contribution in [3.63, 3.8) is 0 Å². The molecule has 1 aromatic carbocycles. The van der Waals surface area contributed by atoms with E-state index in [4.69, 9.17) is 5.73 Å². The zero-order chi connectivity index (χ0) is 15.3. The number of fused-ring (bicyclic) bond motifs is 1. The molecule has 0 amide bonds. The van der Waals surface area contributed by atoms with Gasteiger partial charge in [-0.25, -0.2) is 17.9 Å². The first kappa shape index (κ1) is 14.3. The third-order valence-corrected chi connectivity index (χ3v) is 5.68. The number of nitrogens with one attached hydrogen (secondary N) is 3. The van der Waals surface area contributed by atoms with Crippen molar-refractivity contribution in [2.75, 3.05) is 6.54 Å². The van der Waals surface area contributed by atoms with Crippen LogP contribution in [0.2, 0.25) is 0 Å². The summed E-state index contributed by atoms with van der Waals surface area (Å²) in [6.45, 7) is 2.08. The molecule has 0 radical (unpaired) electrons. The Labute approximate surface area is 122 Å². The molecule has 3 rings (SSSR count). The molecule has 0 aliphatic heterocycles. The van der Waals surface area contributed by atoms with Gasteiger partial charge in [0.1, 0.15) is 0 Å². The number of hydrogen-bond donors (Lipinski definition) is 4. The summed E-state index contributed by atoms with van der Waals surface area (Å²) < 4.78 is 27.8. The maximum atomic E-state index is 12.5. The van der Waals surface area contributed by atoms with E-state index in [0.717, 1.165) is 12.8 Å². The second-order valence-electron chi connectivity index (χ2n) is 5.79. The van der Waals surface area contributed by atoms with Crippen LogP contribution < -0.4 is 16.1 Å². The first-order chi connectivity index (χ1) is 9.84. The van der Waals surface area contributed by atoms with Crippen LogP contribution in [0.1, 0.15) is 19.8 Å². The molecule has 0 spiro atoms. The van der Waals surface area contributed by atoms with Gasteiger partial charge in [0.25, 0.3) is 0 Å². The molecular weight excluding hydrogens is 292 g/mol. The van der Waals surface area contributed by atoms with E-state index in [-0.39, 0.29) is 23.0 Å². The largest absolute Gasteiger partial charge is 0.329 e. The first-order valence-corrected chi connectivity index (χ1v) is 8.28. The van der Waals surface area contributed by atoms with Crippen molar-refractivity contribution in [2.24, 2.45) is 11.7 Å². The molecule has 7 nitrogen and oxygen atoms in total. The van der Waals surface area contributed by atoms with Crippen LogP contribution in [0, 0.1) is 5.92 Å². The highest BCUT2D eigenvalue weighted by Gasteiger charge is 2.43. The van der Waals surface area contributed by atoms with E-state index < -0.39 is 15.6 Å². The fourth-order valence-electron chi connectivity index (χ4n) is 2.56. The quantitative estimate of drug-likeness (QED) is 0.633. The van der Waals surface area contributed by atoms with Crippen molar-refractivity contribution in [3.05, 3.63) is 28.7 Å². The number of aromatic amines is 2. The molecular formula is C13H18N4O3S. The monoisotopic (exact) mass is 310 g/mol. The Morgan fingerprint density at radius 1 is 1.33 bits per heavy atom. The van der Waals surface area contributed by atoms with E-state index in [0.29, 0.717) is 11.0 Å². The summed E-state index contributed by atoms with van der Waals surface area (Å²) in [5, 5.41) is 0. The van der Waals surface area contributed by atoms with Crippen molar-refractivity contribution in [2.45, 2.75) is 30.2 Å². The van der Waals surface area contributed by atoms with Crippen LogP contribution in [0.4, 0.5) is 0 Å². The van der Waals surface area contributed by atoms with Gasteiger partial charge in [0.2, 0.25) is 10.0 Å². The third-order valence-electron chi connectivity index (χ3n) is 4.07. The number of H-pyrrole nitrogens is 2. The summed E-state index contributed by atoms with van der Waals surface area (Å²) in [6.07, 6.45) is 1.97. The molecule has 21 heavy (non-hydrogen) atoms. The summed E-state index contributed by atoms with van der Waals surface area (Å²) in [5.74, 6) is 0.285. The molecule has 1 heterocycles. The van der Waals surface area contributed by atoms with E-state index in [1.807, 2.05) is 6.92 Å². The van der Waals surface area contributed by atoms with Crippen LogP contribution in [0.15, 0.2) is 27.9 Å². The number of hydrogen-bond acceptors (Lipinski definition) is 4. The van der Waals surface area contributed by atoms with Crippen LogP contribution in [-0.4, -0.2) is 30.5 Å². The first-order valence-electron chi connectivity index (χ1n) is 6.80. The predicted octanol–water partition coefficient (Wildman–Crippen LogP) is 0.262. The fraction of sp³-hybridized carbons (Fsp3) is 0.462. The van der Waals surface area contributed by atoms with Gasteiger partial charge in [-0.1, -0.05) is 0 Å². The normalized spacial score (nSPS) is 18.8. The van der Waals surface area contributed by atoms with Crippen LogP contribution >= 0.6 is 0 Å². The lowest BCUT2D eigenvalue weighted by Crippen LogP contribution is -2.52. The Hall–Kier alpha value is -1.64. The van der Waals surface area contributed by atoms with E-state index in [1.165, 1.54) is 12.1 Å². The number of benzene rings is 1. The van der Waals surface area contributed by atoms with Gasteiger partial charge in [-0.15, -0.1) is 0 Å². The lowest BCUT2D eigenvalue weighted by Gasteiger charge is -2.29. The van der Waals surface area contributed by atoms with Gasteiger partial charge in [-0.2, -0.15) is 0 Å². The molecule has 0 saturated heterocycles. The molecule has 1 aliphatic carbocycles. The van der Waals surface area contributed by atoms with Crippen molar-refractivity contribution < 1.29 is 8.42 Å². The highest BCUT2D eigenvalue weighted by atomic mass is 32.2. The molecule has 1 atom stereocenters. The van der Waals surface area contributed by atoms with Crippen LogP contribution in [-0.2, 0) is 10.0 Å². The van der Waals surface area contributed by atoms with Crippen LogP contribution in [0.3, 0.4) is 0 Å². The maximum Gasteiger partial charge on any atom is 0.323 e. The van der Waals surface area contributed by atoms with Crippen molar-refractivity contribution in [1.29, 1.82) is 0 Å². The van der Waals surface area contributed by atoms with Gasteiger partial charge in [-0.3, -0.25) is 0 Å². The van der Waals surface area contributed by atoms with Crippen molar-refractivity contribution in [1.82, 2.24) is 14.7 Å². The minimum absolute atomic E-state index is 0.116. The second-order valence-corrected chi connectivity index (χ2v) is 7.47. The Morgan fingerprint density at radius 2 is 2.00 bits per heavy atom. The van der Waals surface area contributed by atoms with Gasteiger partial charge >= 0.3 is 5.69 Å². The van der Waals surface area contributed by atoms with Gasteiger partial charge in [0.15, 0.2) is 0 Å². The molecule has 8 heteroatoms. The molecule has 114 valence electrons. The molecule has 1 aromatic heterocycles. The lowest BCUT2D eigenvalue weighted by atomic mass is 9.98. The zero-order valence-electron chi connectivity index (χ0n) is 11.6. The summed E-state index contributed by atoms with van der Waals surface area (Å²) in [5.41, 5.74) is 5.79. The maximum absolute atomic E-state index is 12.5. The number of nitrogens with two attached hydrogens (primary N) is 1. The molecule has 1 aliphatic rings. The summed E-state index contributed by atoms with van der Waals surface area (Å²) in [4.78, 5) is 16.5. The fourth-order valence-corrected chi connectivity index (χ4v) is 4.06. The van der Waals surface area contributed by atoms with E-state index in [1.54, 1.807) is 6.07 Å². The highest BCUT2D eigenvalue weighted by molar-refractivity contribution is 7.89.